The number of pyridine rings is 1. The maximum Gasteiger partial charge on any atom is 0.123 e. The number of benzene rings is 1. The van der Waals surface area contributed by atoms with Crippen molar-refractivity contribution < 1.29 is 9.84 Å². The monoisotopic (exact) mass is 258 g/mol. The molecule has 0 aliphatic rings. The van der Waals surface area contributed by atoms with Gasteiger partial charge in [-0.1, -0.05) is 12.1 Å². The minimum absolute atomic E-state index is 0.254. The minimum Gasteiger partial charge on any atom is -0.507 e. The summed E-state index contributed by atoms with van der Waals surface area (Å²) in [5, 5.41) is 13.1. The molecule has 0 saturated heterocycles. The quantitative estimate of drug-likeness (QED) is 0.779. The highest BCUT2D eigenvalue weighted by Gasteiger charge is 2.02. The Morgan fingerprint density at radius 3 is 2.84 bits per heavy atom. The third-order valence-corrected chi connectivity index (χ3v) is 2.89. The number of rotatable bonds is 6. The number of aromatic hydroxyl groups is 1. The summed E-state index contributed by atoms with van der Waals surface area (Å²) in [6.45, 7) is 1.45. The first-order chi connectivity index (χ1) is 9.29. The predicted octanol–water partition coefficient (Wildman–Crippen LogP) is 2.13. The van der Waals surface area contributed by atoms with Crippen molar-refractivity contribution in [2.45, 2.75) is 13.0 Å². The van der Waals surface area contributed by atoms with Gasteiger partial charge in [-0.05, 0) is 18.2 Å². The van der Waals surface area contributed by atoms with Gasteiger partial charge in [0.25, 0.3) is 0 Å². The van der Waals surface area contributed by atoms with Crippen LogP contribution in [0.15, 0.2) is 42.6 Å². The molecule has 100 valence electrons. The fraction of sp³-hybridized carbons (Fsp3) is 0.267. The van der Waals surface area contributed by atoms with E-state index in [0.29, 0.717) is 12.3 Å². The van der Waals surface area contributed by atoms with E-state index in [-0.39, 0.29) is 5.75 Å². The van der Waals surface area contributed by atoms with Crippen LogP contribution in [0.2, 0.25) is 0 Å². The molecule has 2 aromatic rings. The maximum absolute atomic E-state index is 9.81. The van der Waals surface area contributed by atoms with Gasteiger partial charge in [-0.25, -0.2) is 0 Å². The first-order valence-electron chi connectivity index (χ1n) is 6.26. The summed E-state index contributed by atoms with van der Waals surface area (Å²) < 4.78 is 5.04. The van der Waals surface area contributed by atoms with Crippen LogP contribution in [-0.2, 0) is 13.0 Å². The number of nitrogens with zero attached hydrogens (tertiary/aromatic N) is 1. The molecule has 0 spiro atoms. The molecule has 0 amide bonds. The number of phenols is 1. The second-order valence-corrected chi connectivity index (χ2v) is 4.24. The Hall–Kier alpha value is -2.07. The Morgan fingerprint density at radius 1 is 1.26 bits per heavy atom. The Bertz CT molecular complexity index is 515. The Labute approximate surface area is 113 Å². The van der Waals surface area contributed by atoms with Gasteiger partial charge in [-0.2, -0.15) is 0 Å². The smallest absolute Gasteiger partial charge is 0.123 e. The number of phenolic OH excluding ortho intramolecular Hbond substituents is 1. The lowest BCUT2D eigenvalue weighted by Crippen LogP contribution is -2.17. The fourth-order valence-corrected chi connectivity index (χ4v) is 1.81. The zero-order valence-corrected chi connectivity index (χ0v) is 11.0. The standard InChI is InChI=1S/C15H18N2O2/c1-19-14-6-5-12(15(18)10-14)11-16-9-7-13-4-2-3-8-17-13/h2-6,8,10,16,18H,7,9,11H2,1H3. The summed E-state index contributed by atoms with van der Waals surface area (Å²) in [6.07, 6.45) is 2.67. The van der Waals surface area contributed by atoms with Crippen LogP contribution < -0.4 is 10.1 Å². The van der Waals surface area contributed by atoms with Crippen molar-refractivity contribution in [2.24, 2.45) is 0 Å². The second kappa shape index (κ2) is 6.75. The second-order valence-electron chi connectivity index (χ2n) is 4.24. The number of ether oxygens (including phenoxy) is 1. The summed E-state index contributed by atoms with van der Waals surface area (Å²) in [4.78, 5) is 4.26. The van der Waals surface area contributed by atoms with E-state index < -0.39 is 0 Å². The van der Waals surface area contributed by atoms with E-state index in [4.69, 9.17) is 4.74 Å². The van der Waals surface area contributed by atoms with E-state index >= 15 is 0 Å². The average molecular weight is 258 g/mol. The van der Waals surface area contributed by atoms with Crippen LogP contribution in [0, 0.1) is 0 Å². The zero-order valence-electron chi connectivity index (χ0n) is 11.0. The number of nitrogens with one attached hydrogen (secondary N) is 1. The van der Waals surface area contributed by atoms with Crippen LogP contribution in [0.3, 0.4) is 0 Å². The van der Waals surface area contributed by atoms with Gasteiger partial charge < -0.3 is 15.2 Å². The SMILES string of the molecule is COc1ccc(CNCCc2ccccn2)c(O)c1. The Kier molecular flexibility index (Phi) is 4.75. The van der Waals surface area contributed by atoms with Crippen LogP contribution >= 0.6 is 0 Å². The summed E-state index contributed by atoms with van der Waals surface area (Å²) >= 11 is 0. The normalized spacial score (nSPS) is 10.4. The van der Waals surface area contributed by atoms with Crippen LogP contribution in [-0.4, -0.2) is 23.7 Å². The molecular weight excluding hydrogens is 240 g/mol. The number of aromatic nitrogens is 1. The fourth-order valence-electron chi connectivity index (χ4n) is 1.81. The van der Waals surface area contributed by atoms with Gasteiger partial charge in [0.15, 0.2) is 0 Å². The molecule has 2 rings (SSSR count). The molecule has 0 radical (unpaired) electrons. The topological polar surface area (TPSA) is 54.4 Å². The molecule has 0 aliphatic heterocycles. The molecule has 0 atom stereocenters. The van der Waals surface area contributed by atoms with E-state index in [1.165, 1.54) is 0 Å². The van der Waals surface area contributed by atoms with Gasteiger partial charge in [-0.15, -0.1) is 0 Å². The van der Waals surface area contributed by atoms with Crippen molar-refractivity contribution in [1.29, 1.82) is 0 Å². The van der Waals surface area contributed by atoms with Crippen molar-refractivity contribution in [2.75, 3.05) is 13.7 Å². The van der Waals surface area contributed by atoms with Crippen molar-refractivity contribution in [3.05, 3.63) is 53.9 Å². The molecule has 1 heterocycles. The zero-order chi connectivity index (χ0) is 13.5. The lowest BCUT2D eigenvalue weighted by atomic mass is 10.2. The van der Waals surface area contributed by atoms with Crippen molar-refractivity contribution in [3.8, 4) is 11.5 Å². The van der Waals surface area contributed by atoms with Crippen molar-refractivity contribution >= 4 is 0 Å². The average Bonchev–Trinajstić information content (AvgIpc) is 2.46. The summed E-state index contributed by atoms with van der Waals surface area (Å²) in [5.41, 5.74) is 1.93. The van der Waals surface area contributed by atoms with E-state index in [1.807, 2.05) is 30.3 Å². The third-order valence-electron chi connectivity index (χ3n) is 2.89. The molecule has 0 bridgehead atoms. The lowest BCUT2D eigenvalue weighted by molar-refractivity contribution is 0.406. The lowest BCUT2D eigenvalue weighted by Gasteiger charge is -2.08. The number of methoxy groups -OCH3 is 1. The summed E-state index contributed by atoms with van der Waals surface area (Å²) in [5.74, 6) is 0.916. The molecule has 0 aliphatic carbocycles. The van der Waals surface area contributed by atoms with Gasteiger partial charge in [0.05, 0.1) is 7.11 Å². The summed E-state index contributed by atoms with van der Waals surface area (Å²) in [7, 11) is 1.58. The molecule has 1 aromatic carbocycles. The first-order valence-corrected chi connectivity index (χ1v) is 6.26. The molecule has 4 heteroatoms. The van der Waals surface area contributed by atoms with Gasteiger partial charge in [0.1, 0.15) is 11.5 Å². The molecule has 0 saturated carbocycles. The maximum atomic E-state index is 9.81. The third kappa shape index (κ3) is 3.96. The van der Waals surface area contributed by atoms with E-state index in [1.54, 1.807) is 19.4 Å². The van der Waals surface area contributed by atoms with E-state index in [2.05, 4.69) is 10.3 Å². The highest BCUT2D eigenvalue weighted by molar-refractivity contribution is 5.39. The number of hydrogen-bond donors (Lipinski definition) is 2. The van der Waals surface area contributed by atoms with Crippen LogP contribution in [0.25, 0.3) is 0 Å². The Balaban J connectivity index is 1.80. The molecule has 0 unspecified atom stereocenters. The summed E-state index contributed by atoms with van der Waals surface area (Å²) in [6, 6.07) is 11.2. The van der Waals surface area contributed by atoms with Gasteiger partial charge in [0, 0.05) is 43.0 Å². The van der Waals surface area contributed by atoms with Gasteiger partial charge >= 0.3 is 0 Å². The highest BCUT2D eigenvalue weighted by atomic mass is 16.5. The minimum atomic E-state index is 0.254. The highest BCUT2D eigenvalue weighted by Crippen LogP contribution is 2.22. The molecule has 4 nitrogen and oxygen atoms in total. The van der Waals surface area contributed by atoms with Crippen LogP contribution in [0.5, 0.6) is 11.5 Å². The van der Waals surface area contributed by atoms with E-state index in [0.717, 1.165) is 24.2 Å². The van der Waals surface area contributed by atoms with Crippen LogP contribution in [0.1, 0.15) is 11.3 Å². The first kappa shape index (κ1) is 13.4. The van der Waals surface area contributed by atoms with E-state index in [9.17, 15) is 5.11 Å². The van der Waals surface area contributed by atoms with Crippen molar-refractivity contribution in [1.82, 2.24) is 10.3 Å². The molecule has 1 aromatic heterocycles. The molecule has 19 heavy (non-hydrogen) atoms. The molecular formula is C15H18N2O2. The van der Waals surface area contributed by atoms with Gasteiger partial charge in [0.2, 0.25) is 0 Å². The predicted molar refractivity (Wildman–Crippen MR) is 74.3 cm³/mol. The largest absolute Gasteiger partial charge is 0.507 e. The van der Waals surface area contributed by atoms with Gasteiger partial charge in [-0.3, -0.25) is 4.98 Å². The van der Waals surface area contributed by atoms with Crippen molar-refractivity contribution in [3.63, 3.8) is 0 Å². The molecule has 2 N–H and O–H groups in total. The number of hydrogen-bond acceptors (Lipinski definition) is 4. The van der Waals surface area contributed by atoms with Crippen LogP contribution in [0.4, 0.5) is 0 Å². The Morgan fingerprint density at radius 2 is 2.16 bits per heavy atom. The molecule has 0 fully saturated rings.